The van der Waals surface area contributed by atoms with Gasteiger partial charge in [0.1, 0.15) is 0 Å². The number of rotatable bonds is 2. The normalized spacial score (nSPS) is 11.2. The summed E-state index contributed by atoms with van der Waals surface area (Å²) < 4.78 is 0. The van der Waals surface area contributed by atoms with Gasteiger partial charge in [-0.05, 0) is 13.8 Å². The maximum absolute atomic E-state index is 10.7. The first kappa shape index (κ1) is 8.17. The molecular weight excluding hydrogens is 116 g/mol. The van der Waals surface area contributed by atoms with Crippen molar-refractivity contribution in [1.29, 1.82) is 0 Å². The second-order valence-electron chi connectivity index (χ2n) is 1.68. The Labute approximate surface area is 55.1 Å². The Hall–Kier alpha value is -0.830. The maximum Gasteiger partial charge on any atom is 0.260 e. The number of hydrazine groups is 1. The van der Waals surface area contributed by atoms with Crippen molar-refractivity contribution < 1.29 is 4.79 Å². The molecule has 0 atom stereocenters. The molecule has 0 aliphatic heterocycles. The van der Waals surface area contributed by atoms with Crippen LogP contribution in [0.5, 0.6) is 0 Å². The van der Waals surface area contributed by atoms with E-state index in [1.807, 2.05) is 6.92 Å². The Balaban J connectivity index is 3.74. The summed E-state index contributed by atoms with van der Waals surface area (Å²) in [6, 6.07) is 0. The van der Waals surface area contributed by atoms with Crippen LogP contribution < -0.4 is 10.9 Å². The summed E-state index contributed by atoms with van der Waals surface area (Å²) in [5.74, 6) is -0.0833. The second-order valence-corrected chi connectivity index (χ2v) is 1.68. The second kappa shape index (κ2) is 4.09. The highest BCUT2D eigenvalue weighted by molar-refractivity contribution is 5.92. The molecule has 3 nitrogen and oxygen atoms in total. The molecule has 0 fully saturated rings. The quantitative estimate of drug-likeness (QED) is 0.412. The monoisotopic (exact) mass is 128 g/mol. The zero-order valence-electron chi connectivity index (χ0n) is 5.99. The fourth-order valence-corrected chi connectivity index (χ4v) is 0.343. The molecule has 0 aromatic heterocycles. The Morgan fingerprint density at radius 1 is 1.56 bits per heavy atom. The first-order chi connectivity index (χ1) is 4.22. The number of carbonyl (C=O) groups excluding carboxylic acids is 1. The number of carbonyl (C=O) groups is 1. The molecule has 0 heterocycles. The average Bonchev–Trinajstić information content (AvgIpc) is 1.87. The zero-order valence-corrected chi connectivity index (χ0v) is 5.99. The molecule has 1 amide bonds. The van der Waals surface area contributed by atoms with E-state index in [4.69, 9.17) is 0 Å². The van der Waals surface area contributed by atoms with Gasteiger partial charge in [0.05, 0.1) is 0 Å². The van der Waals surface area contributed by atoms with Gasteiger partial charge in [0, 0.05) is 12.6 Å². The van der Waals surface area contributed by atoms with E-state index >= 15 is 0 Å². The van der Waals surface area contributed by atoms with E-state index in [1.54, 1.807) is 20.0 Å². The highest BCUT2D eigenvalue weighted by Gasteiger charge is 1.97. The lowest BCUT2D eigenvalue weighted by molar-refractivity contribution is -0.118. The summed E-state index contributed by atoms with van der Waals surface area (Å²) in [6.45, 7) is 3.58. The number of hydrogen-bond donors (Lipinski definition) is 2. The SMILES string of the molecule is C/C=C(\C)C(=O)NNC. The third-order valence-corrected chi connectivity index (χ3v) is 1.03. The molecule has 0 aromatic carbocycles. The van der Waals surface area contributed by atoms with Crippen molar-refractivity contribution >= 4 is 5.91 Å². The Morgan fingerprint density at radius 3 is 2.44 bits per heavy atom. The van der Waals surface area contributed by atoms with Crippen LogP contribution >= 0.6 is 0 Å². The molecule has 0 unspecified atom stereocenters. The Kier molecular flexibility index (Phi) is 3.71. The largest absolute Gasteiger partial charge is 0.288 e. The Morgan fingerprint density at radius 2 is 2.11 bits per heavy atom. The van der Waals surface area contributed by atoms with Crippen LogP contribution in [0.1, 0.15) is 13.8 Å². The fraction of sp³-hybridized carbons (Fsp3) is 0.500. The van der Waals surface area contributed by atoms with Gasteiger partial charge < -0.3 is 0 Å². The average molecular weight is 128 g/mol. The minimum atomic E-state index is -0.0833. The minimum Gasteiger partial charge on any atom is -0.288 e. The van der Waals surface area contributed by atoms with Crippen LogP contribution in [0.15, 0.2) is 11.6 Å². The number of nitrogens with one attached hydrogen (secondary N) is 2. The molecule has 9 heavy (non-hydrogen) atoms. The van der Waals surface area contributed by atoms with Crippen LogP contribution in [0.25, 0.3) is 0 Å². The summed E-state index contributed by atoms with van der Waals surface area (Å²) in [7, 11) is 1.65. The zero-order chi connectivity index (χ0) is 7.28. The molecular formula is C6H12N2O. The smallest absolute Gasteiger partial charge is 0.260 e. The molecule has 0 spiro atoms. The van der Waals surface area contributed by atoms with E-state index in [-0.39, 0.29) is 5.91 Å². The molecule has 3 heteroatoms. The van der Waals surface area contributed by atoms with Crippen LogP contribution in [0.2, 0.25) is 0 Å². The van der Waals surface area contributed by atoms with Crippen LogP contribution in [0, 0.1) is 0 Å². The van der Waals surface area contributed by atoms with E-state index in [0.29, 0.717) is 5.57 Å². The summed E-state index contributed by atoms with van der Waals surface area (Å²) in [5, 5.41) is 0. The molecule has 2 N–H and O–H groups in total. The van der Waals surface area contributed by atoms with Crippen molar-refractivity contribution in [1.82, 2.24) is 10.9 Å². The number of hydrogen-bond acceptors (Lipinski definition) is 2. The predicted octanol–water partition coefficient (Wildman–Crippen LogP) is 0.203. The van der Waals surface area contributed by atoms with Gasteiger partial charge in [-0.2, -0.15) is 0 Å². The lowest BCUT2D eigenvalue weighted by atomic mass is 10.3. The van der Waals surface area contributed by atoms with Gasteiger partial charge >= 0.3 is 0 Å². The Bertz CT molecular complexity index is 129. The van der Waals surface area contributed by atoms with Crippen molar-refractivity contribution in [2.24, 2.45) is 0 Å². The molecule has 0 aliphatic rings. The van der Waals surface area contributed by atoms with Gasteiger partial charge in [-0.1, -0.05) is 6.08 Å². The van der Waals surface area contributed by atoms with Crippen molar-refractivity contribution in [3.05, 3.63) is 11.6 Å². The van der Waals surface area contributed by atoms with Crippen molar-refractivity contribution in [2.45, 2.75) is 13.8 Å². The van der Waals surface area contributed by atoms with E-state index in [2.05, 4.69) is 10.9 Å². The van der Waals surface area contributed by atoms with Crippen LogP contribution in [-0.2, 0) is 4.79 Å². The van der Waals surface area contributed by atoms with Crippen LogP contribution in [0.4, 0.5) is 0 Å². The lowest BCUT2D eigenvalue weighted by Gasteiger charge is -2.00. The van der Waals surface area contributed by atoms with Gasteiger partial charge in [-0.15, -0.1) is 0 Å². The minimum absolute atomic E-state index is 0.0833. The molecule has 0 aromatic rings. The molecule has 0 saturated carbocycles. The summed E-state index contributed by atoms with van der Waals surface area (Å²) >= 11 is 0. The molecule has 0 saturated heterocycles. The van der Waals surface area contributed by atoms with Gasteiger partial charge in [-0.25, -0.2) is 5.43 Å². The van der Waals surface area contributed by atoms with Gasteiger partial charge in [-0.3, -0.25) is 10.2 Å². The molecule has 0 rings (SSSR count). The van der Waals surface area contributed by atoms with Crippen LogP contribution in [-0.4, -0.2) is 13.0 Å². The molecule has 0 aliphatic carbocycles. The van der Waals surface area contributed by atoms with E-state index < -0.39 is 0 Å². The third kappa shape index (κ3) is 2.87. The topological polar surface area (TPSA) is 41.1 Å². The standard InChI is InChI=1S/C6H12N2O/c1-4-5(2)6(9)8-7-3/h4,7H,1-3H3,(H,8,9)/b5-4+. The molecule has 0 bridgehead atoms. The first-order valence-electron chi connectivity index (χ1n) is 2.82. The third-order valence-electron chi connectivity index (χ3n) is 1.03. The van der Waals surface area contributed by atoms with E-state index in [0.717, 1.165) is 0 Å². The van der Waals surface area contributed by atoms with Crippen molar-refractivity contribution in [2.75, 3.05) is 7.05 Å². The molecule has 52 valence electrons. The van der Waals surface area contributed by atoms with E-state index in [9.17, 15) is 4.79 Å². The first-order valence-corrected chi connectivity index (χ1v) is 2.82. The maximum atomic E-state index is 10.7. The summed E-state index contributed by atoms with van der Waals surface area (Å²) in [4.78, 5) is 10.7. The molecule has 0 radical (unpaired) electrons. The predicted molar refractivity (Wildman–Crippen MR) is 36.6 cm³/mol. The fourth-order valence-electron chi connectivity index (χ4n) is 0.343. The van der Waals surface area contributed by atoms with Crippen molar-refractivity contribution in [3.8, 4) is 0 Å². The van der Waals surface area contributed by atoms with E-state index in [1.165, 1.54) is 0 Å². The summed E-state index contributed by atoms with van der Waals surface area (Å²) in [5.41, 5.74) is 5.69. The number of allylic oxidation sites excluding steroid dienone is 1. The highest BCUT2D eigenvalue weighted by atomic mass is 16.2. The van der Waals surface area contributed by atoms with Gasteiger partial charge in [0.2, 0.25) is 0 Å². The van der Waals surface area contributed by atoms with Gasteiger partial charge in [0.25, 0.3) is 5.91 Å². The number of amides is 1. The van der Waals surface area contributed by atoms with Crippen molar-refractivity contribution in [3.63, 3.8) is 0 Å². The van der Waals surface area contributed by atoms with Crippen LogP contribution in [0.3, 0.4) is 0 Å². The summed E-state index contributed by atoms with van der Waals surface area (Å²) in [6.07, 6.45) is 1.76. The highest BCUT2D eigenvalue weighted by Crippen LogP contribution is 1.88. The van der Waals surface area contributed by atoms with Gasteiger partial charge in [0.15, 0.2) is 0 Å². The lowest BCUT2D eigenvalue weighted by Crippen LogP contribution is -2.34.